The second-order valence-corrected chi connectivity index (χ2v) is 14.3. The van der Waals surface area contributed by atoms with Gasteiger partial charge in [-0.15, -0.1) is 6.58 Å². The molecule has 232 valence electrons. The SMILES string of the molecule is C=CC[C@H]1C[C@@H]2CN(c3nc(OC[C@@]45CCCN4C[C@H](F)C5)nc4c(F)cc(F)c(Br)c34)[C@]13CCC3N2Cc1ccccc1. The summed E-state index contributed by atoms with van der Waals surface area (Å²) in [7, 11) is 0. The summed E-state index contributed by atoms with van der Waals surface area (Å²) in [5.74, 6) is -0.597. The number of allylic oxidation sites excluding steroid dienone is 1. The van der Waals surface area contributed by atoms with Crippen molar-refractivity contribution in [3.05, 3.63) is 70.7 Å². The molecule has 1 spiro atoms. The van der Waals surface area contributed by atoms with E-state index in [0.717, 1.165) is 57.7 Å². The maximum atomic E-state index is 15.5. The number of alkyl halides is 1. The van der Waals surface area contributed by atoms with E-state index in [1.807, 2.05) is 12.1 Å². The molecule has 10 heteroatoms. The van der Waals surface area contributed by atoms with Gasteiger partial charge in [0, 0.05) is 44.2 Å². The molecule has 2 bridgehead atoms. The molecule has 6 heterocycles. The lowest BCUT2D eigenvalue weighted by molar-refractivity contribution is -0.116. The van der Waals surface area contributed by atoms with Crippen LogP contribution in [0.4, 0.5) is 19.0 Å². The van der Waals surface area contributed by atoms with E-state index in [0.29, 0.717) is 36.6 Å². The van der Waals surface area contributed by atoms with E-state index in [4.69, 9.17) is 9.72 Å². The Hall–Kier alpha value is -2.69. The van der Waals surface area contributed by atoms with Gasteiger partial charge in [0.2, 0.25) is 0 Å². The molecule has 0 N–H and O–H groups in total. The third-order valence-corrected chi connectivity index (χ3v) is 12.1. The first kappa shape index (κ1) is 28.8. The first-order valence-corrected chi connectivity index (χ1v) is 16.7. The van der Waals surface area contributed by atoms with Gasteiger partial charge in [-0.3, -0.25) is 9.80 Å². The van der Waals surface area contributed by atoms with E-state index in [1.54, 1.807) is 0 Å². The molecule has 2 aromatic carbocycles. The zero-order chi connectivity index (χ0) is 30.2. The van der Waals surface area contributed by atoms with Crippen molar-refractivity contribution in [2.45, 2.75) is 80.8 Å². The number of nitrogens with zero attached hydrogens (tertiary/aromatic N) is 5. The van der Waals surface area contributed by atoms with Gasteiger partial charge < -0.3 is 9.64 Å². The fourth-order valence-electron chi connectivity index (χ4n) is 9.41. The zero-order valence-electron chi connectivity index (χ0n) is 24.7. The van der Waals surface area contributed by atoms with Crippen molar-refractivity contribution < 1.29 is 17.9 Å². The Morgan fingerprint density at radius 1 is 1.11 bits per heavy atom. The number of piperazine rings is 1. The van der Waals surface area contributed by atoms with Crippen LogP contribution in [0, 0.1) is 17.6 Å². The van der Waals surface area contributed by atoms with Gasteiger partial charge in [-0.25, -0.2) is 13.2 Å². The van der Waals surface area contributed by atoms with Crippen molar-refractivity contribution in [3.63, 3.8) is 0 Å². The molecule has 5 saturated heterocycles. The minimum atomic E-state index is -0.887. The van der Waals surface area contributed by atoms with E-state index in [1.165, 1.54) is 5.56 Å². The number of aromatic nitrogens is 2. The zero-order valence-corrected chi connectivity index (χ0v) is 26.3. The van der Waals surface area contributed by atoms with Gasteiger partial charge in [0.25, 0.3) is 0 Å². The number of hydrogen-bond acceptors (Lipinski definition) is 6. The molecule has 0 amide bonds. The summed E-state index contributed by atoms with van der Waals surface area (Å²) in [6.45, 7) is 7.14. The quantitative estimate of drug-likeness (QED) is 0.194. The normalized spacial score (nSPS) is 33.0. The van der Waals surface area contributed by atoms with Crippen molar-refractivity contribution in [1.29, 1.82) is 0 Å². The van der Waals surface area contributed by atoms with Crippen molar-refractivity contribution in [2.75, 3.05) is 31.1 Å². The third-order valence-electron chi connectivity index (χ3n) is 11.3. The van der Waals surface area contributed by atoms with Gasteiger partial charge in [-0.05, 0) is 72.5 Å². The fourth-order valence-corrected chi connectivity index (χ4v) is 9.89. The lowest BCUT2D eigenvalue weighted by Gasteiger charge is -2.72. The molecule has 6 atom stereocenters. The molecular formula is C34H37BrF3N5O. The van der Waals surface area contributed by atoms with Gasteiger partial charge in [0.05, 0.1) is 20.9 Å². The van der Waals surface area contributed by atoms with E-state index in [9.17, 15) is 4.39 Å². The number of benzene rings is 2. The Kier molecular flexibility index (Phi) is 6.99. The molecule has 5 aliphatic heterocycles. The molecule has 44 heavy (non-hydrogen) atoms. The van der Waals surface area contributed by atoms with E-state index in [-0.39, 0.29) is 40.2 Å². The van der Waals surface area contributed by atoms with Crippen LogP contribution >= 0.6 is 15.9 Å². The van der Waals surface area contributed by atoms with Crippen LogP contribution in [0.3, 0.4) is 0 Å². The van der Waals surface area contributed by atoms with Crippen LogP contribution in [0.15, 0.2) is 53.5 Å². The molecular weight excluding hydrogens is 631 g/mol. The average Bonchev–Trinajstić information content (AvgIpc) is 3.53. The predicted molar refractivity (Wildman–Crippen MR) is 167 cm³/mol. The Bertz CT molecular complexity index is 1610. The largest absolute Gasteiger partial charge is 0.461 e. The van der Waals surface area contributed by atoms with Crippen LogP contribution in [-0.4, -0.2) is 75.3 Å². The average molecular weight is 669 g/mol. The number of ether oxygens (including phenoxy) is 1. The van der Waals surface area contributed by atoms with Gasteiger partial charge in [0.1, 0.15) is 29.9 Å². The number of hydrogen-bond donors (Lipinski definition) is 0. The lowest BCUT2D eigenvalue weighted by atomic mass is 9.54. The monoisotopic (exact) mass is 667 g/mol. The molecule has 1 aromatic heterocycles. The van der Waals surface area contributed by atoms with Crippen LogP contribution in [0.5, 0.6) is 6.01 Å². The Balaban J connectivity index is 1.21. The molecule has 1 unspecified atom stereocenters. The van der Waals surface area contributed by atoms with E-state index in [2.05, 4.69) is 66.5 Å². The van der Waals surface area contributed by atoms with Crippen molar-refractivity contribution in [3.8, 4) is 6.01 Å². The maximum Gasteiger partial charge on any atom is 0.319 e. The Morgan fingerprint density at radius 2 is 1.95 bits per heavy atom. The number of rotatable bonds is 8. The summed E-state index contributed by atoms with van der Waals surface area (Å²) < 4.78 is 51.6. The van der Waals surface area contributed by atoms with Crippen LogP contribution < -0.4 is 9.64 Å². The number of fused-ring (bicyclic) bond motifs is 4. The third kappa shape index (κ3) is 4.26. The Morgan fingerprint density at radius 3 is 2.73 bits per heavy atom. The molecule has 1 saturated carbocycles. The molecule has 1 aliphatic carbocycles. The smallest absolute Gasteiger partial charge is 0.319 e. The molecule has 9 rings (SSSR count). The number of halogens is 4. The summed E-state index contributed by atoms with van der Waals surface area (Å²) in [6.07, 6.45) is 7.27. The first-order chi connectivity index (χ1) is 21.3. The van der Waals surface area contributed by atoms with Crippen molar-refractivity contribution in [1.82, 2.24) is 19.8 Å². The highest BCUT2D eigenvalue weighted by atomic mass is 79.9. The summed E-state index contributed by atoms with van der Waals surface area (Å²) in [5.41, 5.74) is 0.664. The first-order valence-electron chi connectivity index (χ1n) is 15.9. The summed E-state index contributed by atoms with van der Waals surface area (Å²) in [5, 5.41) is 0.333. The highest BCUT2D eigenvalue weighted by Gasteiger charge is 2.66. The molecule has 6 nitrogen and oxygen atoms in total. The highest BCUT2D eigenvalue weighted by Crippen LogP contribution is 2.59. The standard InChI is InChI=1S/C34H37BrF3N5O/c1-2-7-22-14-24-19-43(34(22)12-10-27(34)42(24)17-21-8-4-3-5-9-21)31-28-29(35)25(37)15-26(38)30(28)39-32(40-31)44-20-33-11-6-13-41(33)18-23(36)16-33/h2-5,8-9,15,22-24,27H,1,6-7,10-14,16-20H2/t22-,23+,24+,27?,33-,34+/m0/s1. The molecule has 6 fully saturated rings. The van der Waals surface area contributed by atoms with Crippen molar-refractivity contribution >= 4 is 32.7 Å². The summed E-state index contributed by atoms with van der Waals surface area (Å²) >= 11 is 3.43. The van der Waals surface area contributed by atoms with Crippen LogP contribution in [0.2, 0.25) is 0 Å². The lowest BCUT2D eigenvalue weighted by Crippen LogP contribution is -2.82. The van der Waals surface area contributed by atoms with Gasteiger partial charge in [-0.1, -0.05) is 36.4 Å². The number of piperidine rings is 2. The predicted octanol–water partition coefficient (Wildman–Crippen LogP) is 6.81. The van der Waals surface area contributed by atoms with Crippen LogP contribution in [-0.2, 0) is 6.54 Å². The van der Waals surface area contributed by atoms with E-state index < -0.39 is 23.3 Å². The van der Waals surface area contributed by atoms with Crippen molar-refractivity contribution in [2.24, 2.45) is 5.92 Å². The number of anilines is 1. The van der Waals surface area contributed by atoms with E-state index >= 15 is 8.78 Å². The van der Waals surface area contributed by atoms with Gasteiger partial charge >= 0.3 is 6.01 Å². The highest BCUT2D eigenvalue weighted by molar-refractivity contribution is 9.10. The molecule has 3 aromatic rings. The summed E-state index contributed by atoms with van der Waals surface area (Å²) in [6, 6.07) is 12.0. The maximum absolute atomic E-state index is 15.5. The second-order valence-electron chi connectivity index (χ2n) is 13.5. The van der Waals surface area contributed by atoms with Crippen LogP contribution in [0.25, 0.3) is 10.9 Å². The molecule has 0 radical (unpaired) electrons. The Labute approximate surface area is 264 Å². The minimum Gasteiger partial charge on any atom is -0.461 e. The summed E-state index contributed by atoms with van der Waals surface area (Å²) in [4.78, 5) is 16.6. The van der Waals surface area contributed by atoms with Gasteiger partial charge in [0.15, 0.2) is 5.82 Å². The fraction of sp³-hybridized carbons (Fsp3) is 0.529. The topological polar surface area (TPSA) is 44.7 Å². The van der Waals surface area contributed by atoms with Gasteiger partial charge in [-0.2, -0.15) is 9.97 Å². The second kappa shape index (κ2) is 10.7. The van der Waals surface area contributed by atoms with Crippen LogP contribution in [0.1, 0.15) is 50.5 Å². The minimum absolute atomic E-state index is 0.0315. The molecule has 6 aliphatic rings.